The summed E-state index contributed by atoms with van der Waals surface area (Å²) in [5.74, 6) is 1.11. The Bertz CT molecular complexity index is 2450. The van der Waals surface area contributed by atoms with Gasteiger partial charge in [-0.3, -0.25) is 0 Å². The number of benzene rings is 2. The van der Waals surface area contributed by atoms with Crippen molar-refractivity contribution < 1.29 is 4.74 Å². The van der Waals surface area contributed by atoms with E-state index < -0.39 is 0 Å². The topological polar surface area (TPSA) is 429 Å². The summed E-state index contributed by atoms with van der Waals surface area (Å²) in [6, 6.07) is 10.3. The third kappa shape index (κ3) is 14.2. The number of para-hydroxylation sites is 1. The van der Waals surface area contributed by atoms with Crippen LogP contribution in [0.1, 0.15) is 24.8 Å². The number of nitrogen functional groups attached to an aromatic ring is 1. The Morgan fingerprint density at radius 1 is 0.766 bits per heavy atom. The number of nitrogens with one attached hydrogen (secondary N) is 3. The van der Waals surface area contributed by atoms with Crippen LogP contribution in [0.3, 0.4) is 0 Å². The van der Waals surface area contributed by atoms with Crippen molar-refractivity contribution in [3.63, 3.8) is 0 Å². The van der Waals surface area contributed by atoms with Gasteiger partial charge in [-0.25, -0.2) is 9.97 Å². The lowest BCUT2D eigenvalue weighted by Gasteiger charge is -2.25. The van der Waals surface area contributed by atoms with Crippen LogP contribution < -0.4 is 20.7 Å². The van der Waals surface area contributed by atoms with E-state index >= 15 is 0 Å². The third-order valence-electron chi connectivity index (χ3n) is 8.71. The SMILES string of the molecule is COc1cc(N(C)CCN2CCCC2)c(N)cc1Nc1ncc(Cl)c(-c2cn3c4c(cccc24)CCC3)n1.N=N/N=N/N=N/N=N/N=N/N=N/N=N/N=N/N=N/N=N/N=N/N=N/N=N. The summed E-state index contributed by atoms with van der Waals surface area (Å²) in [5.41, 5.74) is 25.6. The van der Waals surface area contributed by atoms with Crippen molar-refractivity contribution in [1.82, 2.24) is 19.4 Å². The molecule has 0 aliphatic carbocycles. The lowest BCUT2D eigenvalue weighted by atomic mass is 10.0. The Labute approximate surface area is 364 Å². The van der Waals surface area contributed by atoms with E-state index in [-0.39, 0.29) is 0 Å². The molecule has 0 saturated carbocycles. The quantitative estimate of drug-likeness (QED) is 0.0377. The van der Waals surface area contributed by atoms with Crippen molar-refractivity contribution in [1.29, 1.82) is 11.1 Å². The Balaban J connectivity index is 0.000000262. The minimum Gasteiger partial charge on any atom is -0.494 e. The lowest BCUT2D eigenvalue weighted by Crippen LogP contribution is -2.31. The van der Waals surface area contributed by atoms with Crippen molar-refractivity contribution in [2.45, 2.75) is 32.2 Å². The first-order valence-corrected chi connectivity index (χ1v) is 18.8. The highest BCUT2D eigenvalue weighted by Gasteiger charge is 2.21. The summed E-state index contributed by atoms with van der Waals surface area (Å²) < 4.78 is 8.05. The third-order valence-corrected chi connectivity index (χ3v) is 8.99. The van der Waals surface area contributed by atoms with Crippen molar-refractivity contribution >= 4 is 45.5 Å². The maximum Gasteiger partial charge on any atom is 0.227 e. The second-order valence-corrected chi connectivity index (χ2v) is 12.8. The molecule has 5 N–H and O–H groups in total. The van der Waals surface area contributed by atoms with Gasteiger partial charge < -0.3 is 30.2 Å². The molecule has 0 amide bonds. The highest BCUT2D eigenvalue weighted by atomic mass is 35.5. The fourth-order valence-corrected chi connectivity index (χ4v) is 6.37. The van der Waals surface area contributed by atoms with E-state index in [0.717, 1.165) is 49.1 Å². The number of aromatic nitrogens is 3. The molecular weight excluding hydrogens is 862 g/mol. The summed E-state index contributed by atoms with van der Waals surface area (Å²) in [5, 5.41) is 74.6. The average Bonchev–Trinajstić information content (AvgIpc) is 3.98. The summed E-state index contributed by atoms with van der Waals surface area (Å²) in [6.45, 7) is 5.29. The van der Waals surface area contributed by atoms with E-state index in [0.29, 0.717) is 33.8 Å². The standard InChI is InChI=1S/C29H34ClN7O.H2N26/c1-35(13-14-36-10-3-4-11-36)25-16-26(38-2)24(15-23(25)31)33-29-32-17-22(30)27(34-29)21-18-37-12-6-8-19-7-5-9-20(21)28(19)37;1-3-5-7-9-11-13-15-17-19-21-23-25-26-24-22-20-18-16-14-12-10-8-6-4-2/h5,7,9,15-18H,3-4,6,8,10-14,31H2,1-2H3,(H,32,33,34);1-2H/b;3-1?,4-2?,7-5+,8-6+,11-9+,12-10+,15-13+,16-14+,19-17+,20-18+,23-21+,24-22+,26-25+. The predicted octanol–water partition coefficient (Wildman–Crippen LogP) is 10.6. The Kier molecular flexibility index (Phi) is 18.7. The van der Waals surface area contributed by atoms with E-state index in [2.05, 4.69) is 181 Å². The van der Waals surface area contributed by atoms with Crippen LogP contribution in [-0.2, 0) is 13.0 Å². The smallest absolute Gasteiger partial charge is 0.227 e. The van der Waals surface area contributed by atoms with Crippen molar-refractivity contribution in [3.8, 4) is 17.0 Å². The second-order valence-electron chi connectivity index (χ2n) is 12.4. The Morgan fingerprint density at radius 3 is 1.84 bits per heavy atom. The monoisotopic (exact) mass is 897 g/mol. The number of methoxy groups -OCH3 is 1. The minimum atomic E-state index is 0.434. The van der Waals surface area contributed by atoms with Crippen LogP contribution in [-0.4, -0.2) is 59.8 Å². The number of nitrogens with zero attached hydrogens (tertiary/aromatic N) is 29. The molecule has 330 valence electrons. The number of aryl methyl sites for hydroxylation is 2. The van der Waals surface area contributed by atoms with E-state index in [1.54, 1.807) is 13.3 Å². The molecular formula is C29H36ClN33O. The van der Waals surface area contributed by atoms with Gasteiger partial charge in [-0.2, -0.15) is 11.1 Å². The maximum atomic E-state index is 6.64. The maximum absolute atomic E-state index is 6.64. The molecule has 6 rings (SSSR count). The molecule has 2 aromatic heterocycles. The summed E-state index contributed by atoms with van der Waals surface area (Å²) >= 11 is 6.64. The summed E-state index contributed by atoms with van der Waals surface area (Å²) in [6.07, 6.45) is 8.62. The summed E-state index contributed by atoms with van der Waals surface area (Å²) in [7, 11) is 3.73. The molecule has 0 bridgehead atoms. The van der Waals surface area contributed by atoms with Gasteiger partial charge in [0.25, 0.3) is 0 Å². The van der Waals surface area contributed by atoms with Gasteiger partial charge in [-0.05, 0) is 134 Å². The normalized spacial score (nSPS) is 14.9. The van der Waals surface area contributed by atoms with Crippen molar-refractivity contribution in [2.75, 3.05) is 56.3 Å². The number of likely N-dealkylation sites (N-methyl/N-ethyl adjacent to an activating group) is 1. The highest BCUT2D eigenvalue weighted by Crippen LogP contribution is 2.39. The van der Waals surface area contributed by atoms with Gasteiger partial charge in [0.15, 0.2) is 0 Å². The molecule has 1 fully saturated rings. The van der Waals surface area contributed by atoms with Gasteiger partial charge in [0.2, 0.25) is 5.95 Å². The van der Waals surface area contributed by atoms with E-state index in [4.69, 9.17) is 38.1 Å². The van der Waals surface area contributed by atoms with E-state index in [1.165, 1.54) is 37.0 Å². The van der Waals surface area contributed by atoms with Gasteiger partial charge in [-0.15, -0.1) is 0 Å². The molecule has 34 nitrogen and oxygen atoms in total. The number of anilines is 4. The molecule has 0 radical (unpaired) electrons. The zero-order valence-electron chi connectivity index (χ0n) is 33.7. The van der Waals surface area contributed by atoms with Crippen LogP contribution in [0.15, 0.2) is 168 Å². The zero-order valence-corrected chi connectivity index (χ0v) is 34.5. The zero-order chi connectivity index (χ0) is 45.2. The largest absolute Gasteiger partial charge is 0.494 e. The van der Waals surface area contributed by atoms with Crippen LogP contribution in [0.2, 0.25) is 5.02 Å². The molecule has 1 saturated heterocycles. The first kappa shape index (κ1) is 46.4. The number of likely N-dealkylation sites (tertiary alicyclic amines) is 1. The fourth-order valence-electron chi connectivity index (χ4n) is 6.18. The van der Waals surface area contributed by atoms with Crippen LogP contribution in [0.5, 0.6) is 5.75 Å². The number of nitrogens with two attached hydrogens (primary N) is 1. The highest BCUT2D eigenvalue weighted by molar-refractivity contribution is 6.33. The first-order valence-electron chi connectivity index (χ1n) is 18.4. The van der Waals surface area contributed by atoms with Gasteiger partial charge in [-0.1, -0.05) is 29.8 Å². The lowest BCUT2D eigenvalue weighted by molar-refractivity contribution is 0.346. The van der Waals surface area contributed by atoms with Crippen molar-refractivity contribution in [3.05, 3.63) is 53.3 Å². The molecule has 4 heterocycles. The minimum absolute atomic E-state index is 0.434. The number of rotatable bonds is 20. The molecule has 64 heavy (non-hydrogen) atoms. The van der Waals surface area contributed by atoms with Crippen LogP contribution in [0.4, 0.5) is 23.0 Å². The molecule has 0 unspecified atom stereocenters. The molecule has 4 aromatic rings. The van der Waals surface area contributed by atoms with Gasteiger partial charge in [0.05, 0.1) is 46.6 Å². The van der Waals surface area contributed by atoms with E-state index in [9.17, 15) is 0 Å². The number of ether oxygens (including phenoxy) is 1. The van der Waals surface area contributed by atoms with Crippen LogP contribution in [0.25, 0.3) is 22.2 Å². The number of hydrogen-bond donors (Lipinski definition) is 4. The molecule has 2 aliphatic heterocycles. The van der Waals surface area contributed by atoms with Crippen molar-refractivity contribution in [2.24, 2.45) is 125 Å². The molecule has 0 atom stereocenters. The molecule has 0 spiro atoms. The predicted molar refractivity (Wildman–Crippen MR) is 220 cm³/mol. The molecule has 2 aromatic carbocycles. The number of hydrogen-bond acceptors (Lipinski definition) is 9. The van der Waals surface area contributed by atoms with Crippen LogP contribution in [0, 0.1) is 11.1 Å². The Morgan fingerprint density at radius 2 is 1.31 bits per heavy atom. The second kappa shape index (κ2) is 25.8. The van der Waals surface area contributed by atoms with Crippen LogP contribution >= 0.6 is 11.6 Å². The van der Waals surface area contributed by atoms with Gasteiger partial charge in [0.1, 0.15) is 5.75 Å². The van der Waals surface area contributed by atoms with Gasteiger partial charge >= 0.3 is 0 Å². The number of halogens is 1. The summed E-state index contributed by atoms with van der Waals surface area (Å²) in [4.78, 5) is 14.0. The Hall–Kier alpha value is -8.69. The van der Waals surface area contributed by atoms with Gasteiger partial charge in [0, 0.05) is 91.7 Å². The van der Waals surface area contributed by atoms with E-state index in [1.807, 2.05) is 12.1 Å². The first-order chi connectivity index (χ1) is 31.4. The average molecular weight is 898 g/mol. The fraction of sp³-hybridized carbons (Fsp3) is 0.379. The molecule has 2 aliphatic rings. The molecule has 35 heteroatoms.